The molecule has 130 valence electrons. The van der Waals surface area contributed by atoms with E-state index in [1.54, 1.807) is 4.90 Å². The molecule has 2 aromatic carbocycles. The second kappa shape index (κ2) is 7.38. The van der Waals surface area contributed by atoms with Gasteiger partial charge >= 0.3 is 5.97 Å². The van der Waals surface area contributed by atoms with Crippen molar-refractivity contribution in [2.75, 3.05) is 11.4 Å². The lowest BCUT2D eigenvalue weighted by Gasteiger charge is -2.33. The van der Waals surface area contributed by atoms with Gasteiger partial charge in [0.1, 0.15) is 5.75 Å². The molecule has 0 radical (unpaired) electrons. The summed E-state index contributed by atoms with van der Waals surface area (Å²) in [5, 5.41) is 9.04. The van der Waals surface area contributed by atoms with Gasteiger partial charge in [-0.05, 0) is 43.0 Å². The Balaban J connectivity index is 1.87. The first-order chi connectivity index (χ1) is 12.0. The van der Waals surface area contributed by atoms with Crippen LogP contribution in [0, 0.1) is 12.8 Å². The van der Waals surface area contributed by atoms with Crippen LogP contribution in [-0.4, -0.2) is 23.5 Å². The average molecular weight is 339 g/mol. The van der Waals surface area contributed by atoms with Crippen LogP contribution in [0.25, 0.3) is 0 Å². The lowest BCUT2D eigenvalue weighted by atomic mass is 9.94. The number of hydrogen-bond acceptors (Lipinski definition) is 3. The summed E-state index contributed by atoms with van der Waals surface area (Å²) < 4.78 is 6.05. The van der Waals surface area contributed by atoms with Crippen molar-refractivity contribution in [1.29, 1.82) is 0 Å². The highest BCUT2D eigenvalue weighted by Gasteiger charge is 2.29. The molecule has 1 amide bonds. The Morgan fingerprint density at radius 3 is 2.56 bits per heavy atom. The topological polar surface area (TPSA) is 66.8 Å². The number of anilines is 1. The number of carbonyl (C=O) groups is 2. The summed E-state index contributed by atoms with van der Waals surface area (Å²) >= 11 is 0. The minimum Gasteiger partial charge on any atom is -0.481 e. The molecule has 1 atom stereocenters. The van der Waals surface area contributed by atoms with E-state index in [0.29, 0.717) is 30.8 Å². The van der Waals surface area contributed by atoms with Crippen molar-refractivity contribution in [3.8, 4) is 11.5 Å². The molecule has 1 heterocycles. The van der Waals surface area contributed by atoms with Gasteiger partial charge in [-0.3, -0.25) is 9.59 Å². The first-order valence-corrected chi connectivity index (χ1v) is 8.39. The van der Waals surface area contributed by atoms with Crippen LogP contribution < -0.4 is 9.64 Å². The zero-order chi connectivity index (χ0) is 17.8. The van der Waals surface area contributed by atoms with Gasteiger partial charge in [-0.2, -0.15) is 0 Å². The number of ether oxygens (including phenoxy) is 1. The molecule has 1 N–H and O–H groups in total. The normalized spacial score (nSPS) is 17.4. The third kappa shape index (κ3) is 3.99. The third-order valence-electron chi connectivity index (χ3n) is 4.44. The Hall–Kier alpha value is -2.82. The molecule has 0 bridgehead atoms. The van der Waals surface area contributed by atoms with E-state index in [9.17, 15) is 9.59 Å². The van der Waals surface area contributed by atoms with Crippen LogP contribution in [0.4, 0.5) is 5.69 Å². The summed E-state index contributed by atoms with van der Waals surface area (Å²) in [7, 11) is 0. The fourth-order valence-electron chi connectivity index (χ4n) is 3.12. The second-order valence-corrected chi connectivity index (χ2v) is 6.34. The highest BCUT2D eigenvalue weighted by atomic mass is 16.5. The quantitative estimate of drug-likeness (QED) is 0.894. The monoisotopic (exact) mass is 339 g/mol. The number of aryl methyl sites for hydroxylation is 1. The Bertz CT molecular complexity index is 787. The lowest BCUT2D eigenvalue weighted by molar-refractivity contribution is -0.138. The average Bonchev–Trinajstić information content (AvgIpc) is 2.59. The van der Waals surface area contributed by atoms with Crippen molar-refractivity contribution >= 4 is 17.6 Å². The lowest BCUT2D eigenvalue weighted by Crippen LogP contribution is -2.40. The number of nitrogens with zero attached hydrogens (tertiary/aromatic N) is 1. The van der Waals surface area contributed by atoms with Crippen molar-refractivity contribution in [3.63, 3.8) is 0 Å². The molecular weight excluding hydrogens is 318 g/mol. The van der Waals surface area contributed by atoms with Crippen LogP contribution in [0.15, 0.2) is 48.5 Å². The molecule has 5 nitrogen and oxygen atoms in total. The van der Waals surface area contributed by atoms with E-state index in [1.165, 1.54) is 0 Å². The predicted octanol–water partition coefficient (Wildman–Crippen LogP) is 4.01. The summed E-state index contributed by atoms with van der Waals surface area (Å²) in [5.41, 5.74) is 1.69. The maximum absolute atomic E-state index is 12.4. The molecule has 2 aromatic rings. The molecule has 5 heteroatoms. The van der Waals surface area contributed by atoms with Gasteiger partial charge in [0, 0.05) is 19.4 Å². The first kappa shape index (κ1) is 17.0. The zero-order valence-corrected chi connectivity index (χ0v) is 14.1. The molecule has 0 saturated carbocycles. The highest BCUT2D eigenvalue weighted by Crippen LogP contribution is 2.36. The van der Waals surface area contributed by atoms with Gasteiger partial charge in [0.2, 0.25) is 5.91 Å². The van der Waals surface area contributed by atoms with Gasteiger partial charge in [-0.25, -0.2) is 0 Å². The smallest absolute Gasteiger partial charge is 0.303 e. The van der Waals surface area contributed by atoms with Gasteiger partial charge in [0.15, 0.2) is 5.75 Å². The molecule has 1 aliphatic rings. The summed E-state index contributed by atoms with van der Waals surface area (Å²) in [6, 6.07) is 15.1. The fourth-order valence-corrected chi connectivity index (χ4v) is 3.12. The second-order valence-electron chi connectivity index (χ2n) is 6.34. The first-order valence-electron chi connectivity index (χ1n) is 8.39. The Morgan fingerprint density at radius 1 is 1.16 bits per heavy atom. The van der Waals surface area contributed by atoms with Gasteiger partial charge in [0.25, 0.3) is 0 Å². The van der Waals surface area contributed by atoms with E-state index < -0.39 is 5.97 Å². The largest absolute Gasteiger partial charge is 0.481 e. The number of carbonyl (C=O) groups excluding carboxylic acids is 1. The molecule has 1 saturated heterocycles. The van der Waals surface area contributed by atoms with Crippen molar-refractivity contribution < 1.29 is 19.4 Å². The van der Waals surface area contributed by atoms with E-state index in [1.807, 2.05) is 55.5 Å². The van der Waals surface area contributed by atoms with E-state index >= 15 is 0 Å². The summed E-state index contributed by atoms with van der Waals surface area (Å²) in [5.74, 6) is 0.468. The molecule has 25 heavy (non-hydrogen) atoms. The standard InChI is InChI=1S/C20H21NO4/c1-14-6-2-4-8-17(14)25-18-9-5-3-7-16(18)21-13-15(12-20(23)24)10-11-19(21)22/h2-9,15H,10-13H2,1H3,(H,23,24)/t15-/m0/s1. The zero-order valence-electron chi connectivity index (χ0n) is 14.1. The van der Waals surface area contributed by atoms with Crippen LogP contribution in [0.5, 0.6) is 11.5 Å². The fraction of sp³-hybridized carbons (Fsp3) is 0.300. The molecule has 1 aliphatic heterocycles. The van der Waals surface area contributed by atoms with Gasteiger partial charge < -0.3 is 14.7 Å². The van der Waals surface area contributed by atoms with E-state index in [2.05, 4.69) is 0 Å². The van der Waals surface area contributed by atoms with Crippen LogP contribution in [0.2, 0.25) is 0 Å². The molecule has 0 unspecified atom stereocenters. The number of carboxylic acids is 1. The minimum atomic E-state index is -0.830. The summed E-state index contributed by atoms with van der Waals surface area (Å²) in [4.78, 5) is 25.1. The number of para-hydroxylation sites is 3. The Labute approximate surface area is 146 Å². The number of hydrogen-bond donors (Lipinski definition) is 1. The van der Waals surface area contributed by atoms with E-state index in [4.69, 9.17) is 9.84 Å². The van der Waals surface area contributed by atoms with Crippen LogP contribution in [-0.2, 0) is 9.59 Å². The van der Waals surface area contributed by atoms with E-state index in [0.717, 1.165) is 11.3 Å². The van der Waals surface area contributed by atoms with Gasteiger partial charge in [-0.15, -0.1) is 0 Å². The van der Waals surface area contributed by atoms with Crippen molar-refractivity contribution in [2.45, 2.75) is 26.2 Å². The number of benzene rings is 2. The van der Waals surface area contributed by atoms with Gasteiger partial charge in [0.05, 0.1) is 5.69 Å². The molecule has 0 spiro atoms. The van der Waals surface area contributed by atoms with Crippen molar-refractivity contribution in [3.05, 3.63) is 54.1 Å². The Morgan fingerprint density at radius 2 is 1.84 bits per heavy atom. The maximum atomic E-state index is 12.4. The number of piperidine rings is 1. The predicted molar refractivity (Wildman–Crippen MR) is 95.0 cm³/mol. The third-order valence-corrected chi connectivity index (χ3v) is 4.44. The molecule has 0 aliphatic carbocycles. The Kier molecular flexibility index (Phi) is 5.03. The summed E-state index contributed by atoms with van der Waals surface area (Å²) in [6.45, 7) is 2.37. The number of carboxylic acid groups (broad SMARTS) is 1. The van der Waals surface area contributed by atoms with Gasteiger partial charge in [-0.1, -0.05) is 30.3 Å². The molecular formula is C20H21NO4. The minimum absolute atomic E-state index is 0.00229. The van der Waals surface area contributed by atoms with Crippen LogP contribution in [0.3, 0.4) is 0 Å². The number of amides is 1. The van der Waals surface area contributed by atoms with Crippen molar-refractivity contribution in [2.24, 2.45) is 5.92 Å². The SMILES string of the molecule is Cc1ccccc1Oc1ccccc1N1C[C@H](CC(=O)O)CCC1=O. The van der Waals surface area contributed by atoms with Crippen LogP contribution in [0.1, 0.15) is 24.8 Å². The number of aliphatic carboxylic acids is 1. The molecule has 0 aromatic heterocycles. The number of rotatable bonds is 5. The van der Waals surface area contributed by atoms with Crippen LogP contribution >= 0.6 is 0 Å². The van der Waals surface area contributed by atoms with E-state index in [-0.39, 0.29) is 18.2 Å². The van der Waals surface area contributed by atoms with Crippen molar-refractivity contribution in [1.82, 2.24) is 0 Å². The maximum Gasteiger partial charge on any atom is 0.303 e. The highest BCUT2D eigenvalue weighted by molar-refractivity contribution is 5.95. The molecule has 3 rings (SSSR count). The molecule has 1 fully saturated rings. The summed E-state index contributed by atoms with van der Waals surface area (Å²) in [6.07, 6.45) is 1.05.